The molecule has 5 heteroatoms. The zero-order chi connectivity index (χ0) is 7.78. The molecule has 0 aliphatic carbocycles. The zero-order valence-electron chi connectivity index (χ0n) is 6.17. The van der Waals surface area contributed by atoms with Crippen molar-refractivity contribution in [3.05, 3.63) is 0 Å². The highest BCUT2D eigenvalue weighted by Gasteiger charge is 2.25. The van der Waals surface area contributed by atoms with Gasteiger partial charge in [-0.05, 0) is 0 Å². The van der Waals surface area contributed by atoms with Crippen LogP contribution in [0.3, 0.4) is 0 Å². The SMILES string of the molecule is CC(C)(C)C1=NS(=O)ON1. The summed E-state index contributed by atoms with van der Waals surface area (Å²) in [5, 5.41) is 0. The van der Waals surface area contributed by atoms with E-state index < -0.39 is 11.3 Å². The lowest BCUT2D eigenvalue weighted by Gasteiger charge is -2.15. The average molecular weight is 162 g/mol. The second-order valence-corrected chi connectivity index (χ2v) is 3.88. The predicted molar refractivity (Wildman–Crippen MR) is 39.3 cm³/mol. The predicted octanol–water partition coefficient (Wildman–Crippen LogP) is 0.544. The van der Waals surface area contributed by atoms with Crippen molar-refractivity contribution in [3.63, 3.8) is 0 Å². The molecule has 4 nitrogen and oxygen atoms in total. The molecule has 0 aromatic carbocycles. The second kappa shape index (κ2) is 2.32. The van der Waals surface area contributed by atoms with Crippen molar-refractivity contribution in [2.75, 3.05) is 0 Å². The lowest BCUT2D eigenvalue weighted by molar-refractivity contribution is 0.291. The summed E-state index contributed by atoms with van der Waals surface area (Å²) in [6.07, 6.45) is 0. The van der Waals surface area contributed by atoms with Gasteiger partial charge in [-0.3, -0.25) is 0 Å². The molecule has 1 unspecified atom stereocenters. The third-order valence-electron chi connectivity index (χ3n) is 1.09. The molecule has 0 radical (unpaired) electrons. The third kappa shape index (κ3) is 1.54. The molecule has 10 heavy (non-hydrogen) atoms. The van der Waals surface area contributed by atoms with Gasteiger partial charge in [-0.1, -0.05) is 20.8 Å². The molecule has 0 saturated heterocycles. The van der Waals surface area contributed by atoms with E-state index in [1.807, 2.05) is 20.8 Å². The van der Waals surface area contributed by atoms with Crippen LogP contribution in [0.2, 0.25) is 0 Å². The Labute approximate surface area is 62.4 Å². The molecule has 0 aromatic heterocycles. The van der Waals surface area contributed by atoms with Crippen LogP contribution in [0.4, 0.5) is 0 Å². The molecule has 58 valence electrons. The van der Waals surface area contributed by atoms with Crippen LogP contribution in [0.5, 0.6) is 0 Å². The van der Waals surface area contributed by atoms with Crippen LogP contribution in [-0.4, -0.2) is 10.0 Å². The highest BCUT2D eigenvalue weighted by Crippen LogP contribution is 2.17. The topological polar surface area (TPSA) is 50.7 Å². The van der Waals surface area contributed by atoms with Gasteiger partial charge in [-0.15, -0.1) is 4.40 Å². The third-order valence-corrected chi connectivity index (χ3v) is 1.64. The number of nitrogens with one attached hydrogen (secondary N) is 1. The Bertz CT molecular complexity index is 194. The zero-order valence-corrected chi connectivity index (χ0v) is 6.99. The van der Waals surface area contributed by atoms with Gasteiger partial charge in [0.25, 0.3) is 0 Å². The summed E-state index contributed by atoms with van der Waals surface area (Å²) in [4.78, 5) is 0. The van der Waals surface area contributed by atoms with Crippen LogP contribution in [0, 0.1) is 5.41 Å². The molecule has 1 atom stereocenters. The molecule has 1 aliphatic heterocycles. The van der Waals surface area contributed by atoms with Gasteiger partial charge in [0.1, 0.15) is 5.84 Å². The van der Waals surface area contributed by atoms with Crippen molar-refractivity contribution < 1.29 is 8.49 Å². The highest BCUT2D eigenvalue weighted by molar-refractivity contribution is 7.79. The van der Waals surface area contributed by atoms with Crippen molar-refractivity contribution in [1.82, 2.24) is 5.48 Å². The first-order valence-electron chi connectivity index (χ1n) is 2.94. The Morgan fingerprint density at radius 2 is 2.20 bits per heavy atom. The molecule has 0 saturated carbocycles. The molecule has 1 aliphatic rings. The van der Waals surface area contributed by atoms with Crippen molar-refractivity contribution >= 4 is 17.1 Å². The lowest BCUT2D eigenvalue weighted by atomic mass is 9.96. The van der Waals surface area contributed by atoms with Crippen LogP contribution in [0.25, 0.3) is 0 Å². The van der Waals surface area contributed by atoms with E-state index in [0.717, 1.165) is 0 Å². The van der Waals surface area contributed by atoms with Crippen LogP contribution in [0.15, 0.2) is 4.40 Å². The monoisotopic (exact) mass is 162 g/mol. The van der Waals surface area contributed by atoms with Gasteiger partial charge < -0.3 is 0 Å². The van der Waals surface area contributed by atoms with Gasteiger partial charge in [0.15, 0.2) is 0 Å². The van der Waals surface area contributed by atoms with Gasteiger partial charge in [-0.2, -0.15) is 4.28 Å². The minimum atomic E-state index is -1.52. The normalized spacial score (nSPS) is 25.9. The van der Waals surface area contributed by atoms with Crippen molar-refractivity contribution in [2.24, 2.45) is 9.81 Å². The molecule has 0 fully saturated rings. The summed E-state index contributed by atoms with van der Waals surface area (Å²) in [6, 6.07) is 0. The van der Waals surface area contributed by atoms with Crippen molar-refractivity contribution in [1.29, 1.82) is 0 Å². The Morgan fingerprint density at radius 1 is 1.60 bits per heavy atom. The Balaban J connectivity index is 2.76. The van der Waals surface area contributed by atoms with Crippen LogP contribution >= 0.6 is 0 Å². The summed E-state index contributed by atoms with van der Waals surface area (Å²) < 4.78 is 18.8. The molecule has 0 bridgehead atoms. The first kappa shape index (κ1) is 7.68. The fourth-order valence-corrected chi connectivity index (χ4v) is 1.12. The van der Waals surface area contributed by atoms with Crippen LogP contribution < -0.4 is 5.48 Å². The van der Waals surface area contributed by atoms with E-state index in [2.05, 4.69) is 14.2 Å². The minimum Gasteiger partial charge on any atom is -0.234 e. The molecule has 0 amide bonds. The van der Waals surface area contributed by atoms with Gasteiger partial charge in [-0.25, -0.2) is 9.69 Å². The first-order valence-corrected chi connectivity index (χ1v) is 3.98. The minimum absolute atomic E-state index is 0.119. The summed E-state index contributed by atoms with van der Waals surface area (Å²) in [6.45, 7) is 5.89. The number of nitrogens with zero attached hydrogens (tertiary/aromatic N) is 1. The second-order valence-electron chi connectivity index (χ2n) is 3.09. The van der Waals surface area contributed by atoms with Crippen LogP contribution in [-0.2, 0) is 15.6 Å². The van der Waals surface area contributed by atoms with Gasteiger partial charge in [0.05, 0.1) is 0 Å². The molecule has 1 rings (SSSR count). The molecular weight excluding hydrogens is 152 g/mol. The fraction of sp³-hybridized carbons (Fsp3) is 0.800. The first-order chi connectivity index (χ1) is 4.50. The van der Waals surface area contributed by atoms with E-state index in [1.165, 1.54) is 0 Å². The summed E-state index contributed by atoms with van der Waals surface area (Å²) >= 11 is -1.52. The molecular formula is C5H10N2O2S. The van der Waals surface area contributed by atoms with E-state index in [9.17, 15) is 4.21 Å². The largest absolute Gasteiger partial charge is 0.309 e. The fourth-order valence-electron chi connectivity index (χ4n) is 0.477. The van der Waals surface area contributed by atoms with Crippen molar-refractivity contribution in [3.8, 4) is 0 Å². The maximum atomic E-state index is 10.5. The maximum absolute atomic E-state index is 10.5. The maximum Gasteiger partial charge on any atom is 0.309 e. The standard InChI is InChI=1S/C5H10N2O2S/c1-5(2,3)4-6-9-10(8)7-4/h1-3H3,(H,6,7). The number of hydrogen-bond acceptors (Lipinski definition) is 3. The van der Waals surface area contributed by atoms with Gasteiger partial charge >= 0.3 is 11.3 Å². The van der Waals surface area contributed by atoms with E-state index >= 15 is 0 Å². The van der Waals surface area contributed by atoms with Gasteiger partial charge in [0, 0.05) is 5.41 Å². The average Bonchev–Trinajstić information content (AvgIpc) is 2.11. The lowest BCUT2D eigenvalue weighted by Crippen LogP contribution is -2.30. The number of hydrogen-bond donors (Lipinski definition) is 1. The quantitative estimate of drug-likeness (QED) is 0.565. The Kier molecular flexibility index (Phi) is 1.78. The van der Waals surface area contributed by atoms with E-state index in [-0.39, 0.29) is 5.41 Å². The van der Waals surface area contributed by atoms with Crippen molar-refractivity contribution in [2.45, 2.75) is 20.8 Å². The molecule has 1 heterocycles. The van der Waals surface area contributed by atoms with Gasteiger partial charge in [0.2, 0.25) is 0 Å². The molecule has 1 N–H and O–H groups in total. The van der Waals surface area contributed by atoms with E-state index in [4.69, 9.17) is 0 Å². The number of hydroxylamine groups is 1. The van der Waals surface area contributed by atoms with E-state index in [1.54, 1.807) is 0 Å². The Hall–Kier alpha value is -0.420. The molecule has 0 spiro atoms. The molecule has 0 aromatic rings. The summed E-state index contributed by atoms with van der Waals surface area (Å²) in [5.41, 5.74) is 2.38. The number of amidine groups is 1. The summed E-state index contributed by atoms with van der Waals surface area (Å²) in [7, 11) is 0. The number of rotatable bonds is 0. The van der Waals surface area contributed by atoms with Crippen LogP contribution in [0.1, 0.15) is 20.8 Å². The highest BCUT2D eigenvalue weighted by atomic mass is 32.2. The van der Waals surface area contributed by atoms with E-state index in [0.29, 0.717) is 5.84 Å². The Morgan fingerprint density at radius 3 is 2.40 bits per heavy atom. The summed E-state index contributed by atoms with van der Waals surface area (Å²) in [5.74, 6) is 0.630. The smallest absolute Gasteiger partial charge is 0.234 e.